The quantitative estimate of drug-likeness (QED) is 0.398. The Labute approximate surface area is 195 Å². The fourth-order valence-electron chi connectivity index (χ4n) is 3.76. The molecule has 5 aromatic rings. The Morgan fingerprint density at radius 2 is 1.79 bits per heavy atom. The molecular formula is C25H25N7O2. The van der Waals surface area contributed by atoms with Gasteiger partial charge in [-0.1, -0.05) is 30.3 Å². The van der Waals surface area contributed by atoms with Crippen molar-refractivity contribution in [3.05, 3.63) is 83.4 Å². The molecule has 0 fully saturated rings. The molecule has 5 rings (SSSR count). The lowest BCUT2D eigenvalue weighted by molar-refractivity contribution is -0.00893. The number of benzene rings is 2. The summed E-state index contributed by atoms with van der Waals surface area (Å²) in [6.07, 6.45) is 3.03. The average Bonchev–Trinajstić information content (AvgIpc) is 3.31. The van der Waals surface area contributed by atoms with Gasteiger partial charge in [-0.3, -0.25) is 9.36 Å². The van der Waals surface area contributed by atoms with Crippen LogP contribution >= 0.6 is 0 Å². The maximum Gasteiger partial charge on any atom is 0.266 e. The summed E-state index contributed by atoms with van der Waals surface area (Å²) < 4.78 is 7.80. The SMILES string of the molecule is CC(C)(C)OCC(Nc1ncnc2[nH]cnc12)c1nc2ccccc2c(=O)n1-c1ccccc1. The molecule has 34 heavy (non-hydrogen) atoms. The minimum Gasteiger partial charge on any atom is -0.373 e. The number of anilines is 1. The van der Waals surface area contributed by atoms with Gasteiger partial charge < -0.3 is 15.0 Å². The summed E-state index contributed by atoms with van der Waals surface area (Å²) in [7, 11) is 0. The molecule has 3 aromatic heterocycles. The Bertz CT molecular complexity index is 1500. The van der Waals surface area contributed by atoms with Gasteiger partial charge in [0.25, 0.3) is 5.56 Å². The van der Waals surface area contributed by atoms with Crippen LogP contribution in [0.25, 0.3) is 27.8 Å². The lowest BCUT2D eigenvalue weighted by Crippen LogP contribution is -2.32. The summed E-state index contributed by atoms with van der Waals surface area (Å²) in [4.78, 5) is 34.6. The number of aromatic nitrogens is 6. The van der Waals surface area contributed by atoms with Crippen LogP contribution in [0.4, 0.5) is 5.82 Å². The molecule has 1 unspecified atom stereocenters. The maximum absolute atomic E-state index is 13.7. The molecule has 0 spiro atoms. The predicted molar refractivity (Wildman–Crippen MR) is 131 cm³/mol. The summed E-state index contributed by atoms with van der Waals surface area (Å²) in [6.45, 7) is 6.20. The van der Waals surface area contributed by atoms with Crippen molar-refractivity contribution in [3.8, 4) is 5.69 Å². The highest BCUT2D eigenvalue weighted by Gasteiger charge is 2.25. The van der Waals surface area contributed by atoms with Crippen molar-refractivity contribution >= 4 is 27.9 Å². The van der Waals surface area contributed by atoms with E-state index >= 15 is 0 Å². The van der Waals surface area contributed by atoms with E-state index in [1.165, 1.54) is 6.33 Å². The highest BCUT2D eigenvalue weighted by atomic mass is 16.5. The zero-order valence-electron chi connectivity index (χ0n) is 19.2. The van der Waals surface area contributed by atoms with E-state index < -0.39 is 11.6 Å². The highest BCUT2D eigenvalue weighted by Crippen LogP contribution is 2.25. The first-order valence-electron chi connectivity index (χ1n) is 11.0. The number of hydrogen-bond acceptors (Lipinski definition) is 7. The molecule has 2 N–H and O–H groups in total. The van der Waals surface area contributed by atoms with Crippen LogP contribution in [0.15, 0.2) is 72.0 Å². The number of para-hydroxylation sites is 2. The number of imidazole rings is 1. The van der Waals surface area contributed by atoms with Gasteiger partial charge in [-0.15, -0.1) is 0 Å². The minimum absolute atomic E-state index is 0.151. The molecule has 9 heteroatoms. The van der Waals surface area contributed by atoms with Gasteiger partial charge in [0.05, 0.1) is 35.1 Å². The summed E-state index contributed by atoms with van der Waals surface area (Å²) in [6, 6.07) is 16.3. The number of ether oxygens (including phenoxy) is 1. The number of hydrogen-bond donors (Lipinski definition) is 2. The molecule has 0 radical (unpaired) electrons. The van der Waals surface area contributed by atoms with Crippen LogP contribution in [0.2, 0.25) is 0 Å². The molecule has 3 heterocycles. The largest absolute Gasteiger partial charge is 0.373 e. The molecule has 0 aliphatic heterocycles. The van der Waals surface area contributed by atoms with Crippen LogP contribution in [-0.4, -0.2) is 41.7 Å². The molecule has 0 amide bonds. The van der Waals surface area contributed by atoms with E-state index in [-0.39, 0.29) is 12.2 Å². The van der Waals surface area contributed by atoms with E-state index in [1.807, 2.05) is 69.3 Å². The molecule has 9 nitrogen and oxygen atoms in total. The number of nitrogens with zero attached hydrogens (tertiary/aromatic N) is 5. The molecule has 0 bridgehead atoms. The van der Waals surface area contributed by atoms with Gasteiger partial charge >= 0.3 is 0 Å². The predicted octanol–water partition coefficient (Wildman–Crippen LogP) is 4.02. The van der Waals surface area contributed by atoms with E-state index in [0.29, 0.717) is 33.7 Å². The third-order valence-corrected chi connectivity index (χ3v) is 5.34. The average molecular weight is 456 g/mol. The van der Waals surface area contributed by atoms with Crippen molar-refractivity contribution in [1.82, 2.24) is 29.5 Å². The monoisotopic (exact) mass is 455 g/mol. The zero-order valence-corrected chi connectivity index (χ0v) is 19.2. The van der Waals surface area contributed by atoms with Gasteiger partial charge in [-0.2, -0.15) is 0 Å². The molecule has 0 saturated heterocycles. The second kappa shape index (κ2) is 8.68. The normalized spacial score (nSPS) is 12.8. The number of nitrogens with one attached hydrogen (secondary N) is 2. The fourth-order valence-corrected chi connectivity index (χ4v) is 3.76. The molecule has 0 aliphatic rings. The smallest absolute Gasteiger partial charge is 0.266 e. The Hall–Kier alpha value is -4.11. The van der Waals surface area contributed by atoms with Crippen molar-refractivity contribution < 1.29 is 4.74 Å². The second-order valence-electron chi connectivity index (χ2n) is 8.91. The van der Waals surface area contributed by atoms with E-state index in [0.717, 1.165) is 5.69 Å². The van der Waals surface area contributed by atoms with E-state index in [4.69, 9.17) is 9.72 Å². The zero-order chi connectivity index (χ0) is 23.7. The van der Waals surface area contributed by atoms with Crippen molar-refractivity contribution in [2.24, 2.45) is 0 Å². The van der Waals surface area contributed by atoms with Crippen molar-refractivity contribution in [2.45, 2.75) is 32.4 Å². The number of H-pyrrole nitrogens is 1. The Morgan fingerprint density at radius 1 is 1.03 bits per heavy atom. The van der Waals surface area contributed by atoms with Crippen molar-refractivity contribution in [3.63, 3.8) is 0 Å². The Kier molecular flexibility index (Phi) is 5.54. The molecular weight excluding hydrogens is 430 g/mol. The summed E-state index contributed by atoms with van der Waals surface area (Å²) in [5.41, 5.74) is 1.99. The van der Waals surface area contributed by atoms with Gasteiger partial charge in [-0.25, -0.2) is 19.9 Å². The lowest BCUT2D eigenvalue weighted by atomic mass is 10.1. The molecule has 1 atom stereocenters. The van der Waals surface area contributed by atoms with Crippen LogP contribution in [0.5, 0.6) is 0 Å². The second-order valence-corrected chi connectivity index (χ2v) is 8.91. The first-order chi connectivity index (χ1) is 16.4. The molecule has 0 saturated carbocycles. The summed E-state index contributed by atoms with van der Waals surface area (Å²) >= 11 is 0. The maximum atomic E-state index is 13.7. The third-order valence-electron chi connectivity index (χ3n) is 5.34. The van der Waals surface area contributed by atoms with Crippen LogP contribution in [-0.2, 0) is 4.74 Å². The molecule has 0 aliphatic carbocycles. The van der Waals surface area contributed by atoms with Gasteiger partial charge in [0.15, 0.2) is 11.5 Å². The third kappa shape index (κ3) is 4.25. The Balaban J connectivity index is 1.71. The van der Waals surface area contributed by atoms with Gasteiger partial charge in [0.2, 0.25) is 0 Å². The van der Waals surface area contributed by atoms with Crippen molar-refractivity contribution in [1.29, 1.82) is 0 Å². The van der Waals surface area contributed by atoms with Crippen LogP contribution in [0.1, 0.15) is 32.6 Å². The summed E-state index contributed by atoms with van der Waals surface area (Å²) in [5.74, 6) is 1.04. The summed E-state index contributed by atoms with van der Waals surface area (Å²) in [5, 5.41) is 3.96. The van der Waals surface area contributed by atoms with E-state index in [1.54, 1.807) is 17.0 Å². The molecule has 172 valence electrons. The van der Waals surface area contributed by atoms with Crippen LogP contribution < -0.4 is 10.9 Å². The number of rotatable bonds is 6. The van der Waals surface area contributed by atoms with Gasteiger partial charge in [0.1, 0.15) is 23.7 Å². The molecule has 2 aromatic carbocycles. The van der Waals surface area contributed by atoms with Crippen LogP contribution in [0.3, 0.4) is 0 Å². The fraction of sp³-hybridized carbons (Fsp3) is 0.240. The Morgan fingerprint density at radius 3 is 2.59 bits per heavy atom. The topological polar surface area (TPSA) is 111 Å². The number of aromatic amines is 1. The first-order valence-corrected chi connectivity index (χ1v) is 11.0. The van der Waals surface area contributed by atoms with Gasteiger partial charge in [0, 0.05) is 0 Å². The lowest BCUT2D eigenvalue weighted by Gasteiger charge is -2.27. The van der Waals surface area contributed by atoms with E-state index in [9.17, 15) is 4.79 Å². The highest BCUT2D eigenvalue weighted by molar-refractivity contribution is 5.82. The van der Waals surface area contributed by atoms with Crippen LogP contribution in [0, 0.1) is 0 Å². The standard InChI is InChI=1S/C25H25N7O2/c1-25(2,3)34-13-19(30-22-20-21(27-14-26-20)28-15-29-22)23-31-18-12-8-7-11-17(18)24(33)32(23)16-9-5-4-6-10-16/h4-12,14-15,19H,13H2,1-3H3,(H2,26,27,28,29,30). The minimum atomic E-state index is -0.508. The van der Waals surface area contributed by atoms with Gasteiger partial charge in [-0.05, 0) is 45.0 Å². The number of fused-ring (bicyclic) bond motifs is 2. The van der Waals surface area contributed by atoms with Crippen molar-refractivity contribution in [2.75, 3.05) is 11.9 Å². The first kappa shape index (κ1) is 21.7. The van der Waals surface area contributed by atoms with E-state index in [2.05, 4.69) is 25.3 Å².